The predicted octanol–water partition coefficient (Wildman–Crippen LogP) is 6.52. The highest BCUT2D eigenvalue weighted by atomic mass is 19.1. The van der Waals surface area contributed by atoms with Crippen LogP contribution in [0.25, 0.3) is 10.9 Å². The molecule has 1 aromatic heterocycles. The van der Waals surface area contributed by atoms with Gasteiger partial charge in [0.15, 0.2) is 17.8 Å². The number of hydrazone groups is 1. The number of primary amides is 1. The van der Waals surface area contributed by atoms with Crippen LogP contribution in [0.1, 0.15) is 31.2 Å². The minimum atomic E-state index is -1.03. The van der Waals surface area contributed by atoms with Gasteiger partial charge >= 0.3 is 6.03 Å². The number of alkyl halides is 1. The van der Waals surface area contributed by atoms with Crippen molar-refractivity contribution in [3.63, 3.8) is 0 Å². The first-order valence-electron chi connectivity index (χ1n) is 15.0. The number of anilines is 1. The second-order valence-electron chi connectivity index (χ2n) is 10.6. The van der Waals surface area contributed by atoms with E-state index in [0.717, 1.165) is 42.7 Å². The molecule has 0 aliphatic carbocycles. The van der Waals surface area contributed by atoms with Gasteiger partial charge < -0.3 is 29.4 Å². The van der Waals surface area contributed by atoms with E-state index in [9.17, 15) is 9.18 Å². The van der Waals surface area contributed by atoms with Crippen LogP contribution in [0.4, 0.5) is 14.9 Å². The first-order valence-corrected chi connectivity index (χ1v) is 15.0. The number of ether oxygens (including phenoxy) is 5. The average Bonchev–Trinajstić information content (AvgIpc) is 3.08. The SMILES string of the molecule is COc1cc(OC)cc(N(/N=C/c2ccc(Oc3ccnc4cc(OCCC(F)N5CCCCC5)c(OC)cc34)cc2)C(N)=O)c1. The number of likely N-dealkylation sites (tertiary alicyclic amines) is 1. The van der Waals surface area contributed by atoms with Gasteiger partial charge in [-0.3, -0.25) is 9.88 Å². The zero-order valence-electron chi connectivity index (χ0n) is 26.1. The molecule has 2 N–H and O–H groups in total. The molecule has 5 rings (SSSR count). The zero-order chi connectivity index (χ0) is 32.5. The number of halogens is 1. The number of nitrogens with two attached hydrogens (primary N) is 1. The average molecular weight is 632 g/mol. The number of pyridine rings is 1. The van der Waals surface area contributed by atoms with E-state index < -0.39 is 12.3 Å². The molecule has 3 aromatic carbocycles. The van der Waals surface area contributed by atoms with Crippen LogP contribution in [0.15, 0.2) is 72.0 Å². The molecule has 242 valence electrons. The first-order chi connectivity index (χ1) is 22.4. The molecule has 1 saturated heterocycles. The standard InChI is InChI=1S/C34H38FN5O6/c1-42-26-17-24(18-27(19-26)43-2)40(34(36)41)38-22-23-7-9-25(10-8-23)46-30-11-13-37-29-21-32(31(44-3)20-28(29)30)45-16-12-33(35)39-14-5-4-6-15-39/h7-11,13,17-22,33H,4-6,12,14-16H2,1-3H3,(H2,36,41)/b38-22+. The molecule has 4 aromatic rings. The Bertz CT molecular complexity index is 1640. The Morgan fingerprint density at radius 1 is 0.935 bits per heavy atom. The predicted molar refractivity (Wildman–Crippen MR) is 174 cm³/mol. The van der Waals surface area contributed by atoms with E-state index in [1.54, 1.807) is 74.0 Å². The molecule has 1 fully saturated rings. The molecule has 0 spiro atoms. The van der Waals surface area contributed by atoms with Gasteiger partial charge in [-0.15, -0.1) is 0 Å². The van der Waals surface area contributed by atoms with Gasteiger partial charge in [0.25, 0.3) is 0 Å². The molecule has 0 radical (unpaired) electrons. The van der Waals surface area contributed by atoms with Crippen molar-refractivity contribution in [1.29, 1.82) is 0 Å². The lowest BCUT2D eigenvalue weighted by molar-refractivity contribution is 0.0462. The van der Waals surface area contributed by atoms with Gasteiger partial charge in [-0.1, -0.05) is 6.42 Å². The first kappa shape index (κ1) is 32.3. The fraction of sp³-hybridized carbons (Fsp3) is 0.324. The molecule has 2 heterocycles. The highest BCUT2D eigenvalue weighted by Gasteiger charge is 2.20. The van der Waals surface area contributed by atoms with E-state index in [1.807, 2.05) is 4.90 Å². The summed E-state index contributed by atoms with van der Waals surface area (Å²) in [6, 6.07) is 16.6. The van der Waals surface area contributed by atoms with Crippen LogP contribution in [0.3, 0.4) is 0 Å². The summed E-state index contributed by atoms with van der Waals surface area (Å²) < 4.78 is 43.0. The molecule has 0 saturated carbocycles. The number of aromatic nitrogens is 1. The molecule has 1 aliphatic rings. The zero-order valence-corrected chi connectivity index (χ0v) is 26.1. The van der Waals surface area contributed by atoms with Crippen LogP contribution < -0.4 is 34.4 Å². The van der Waals surface area contributed by atoms with Crippen molar-refractivity contribution in [2.45, 2.75) is 32.0 Å². The van der Waals surface area contributed by atoms with Crippen molar-refractivity contribution in [1.82, 2.24) is 9.88 Å². The Kier molecular flexibility index (Phi) is 10.7. The third-order valence-electron chi connectivity index (χ3n) is 7.61. The molecule has 1 unspecified atom stereocenters. The van der Waals surface area contributed by atoms with E-state index in [1.165, 1.54) is 20.4 Å². The van der Waals surface area contributed by atoms with Gasteiger partial charge in [0.2, 0.25) is 0 Å². The Morgan fingerprint density at radius 3 is 2.30 bits per heavy atom. The number of hydrogen-bond acceptors (Lipinski definition) is 9. The van der Waals surface area contributed by atoms with Gasteiger partial charge in [0, 0.05) is 55.4 Å². The number of hydrogen-bond donors (Lipinski definition) is 1. The van der Waals surface area contributed by atoms with Crippen molar-refractivity contribution >= 4 is 28.8 Å². The maximum Gasteiger partial charge on any atom is 0.340 e. The second kappa shape index (κ2) is 15.3. The number of nitrogens with zero attached hydrogens (tertiary/aromatic N) is 4. The molecule has 1 atom stereocenters. The minimum absolute atomic E-state index is 0.219. The summed E-state index contributed by atoms with van der Waals surface area (Å²) in [7, 11) is 4.58. The number of amides is 2. The van der Waals surface area contributed by atoms with Gasteiger partial charge in [0.1, 0.15) is 23.0 Å². The normalized spacial score (nSPS) is 14.2. The highest BCUT2D eigenvalue weighted by Crippen LogP contribution is 2.37. The third kappa shape index (κ3) is 7.94. The van der Waals surface area contributed by atoms with Crippen molar-refractivity contribution in [2.75, 3.05) is 46.0 Å². The second-order valence-corrected chi connectivity index (χ2v) is 10.6. The number of methoxy groups -OCH3 is 3. The molecular weight excluding hydrogens is 593 g/mol. The van der Waals surface area contributed by atoms with Crippen LogP contribution in [0, 0.1) is 0 Å². The minimum Gasteiger partial charge on any atom is -0.497 e. The number of rotatable bonds is 13. The molecular formula is C34H38FN5O6. The summed E-state index contributed by atoms with van der Waals surface area (Å²) in [5, 5.41) is 6.05. The summed E-state index contributed by atoms with van der Waals surface area (Å²) in [5.74, 6) is 3.10. The maximum atomic E-state index is 14.7. The summed E-state index contributed by atoms with van der Waals surface area (Å²) in [6.07, 6.45) is 5.63. The highest BCUT2D eigenvalue weighted by molar-refractivity contribution is 5.93. The molecule has 1 aliphatic heterocycles. The molecule has 2 amide bonds. The van der Waals surface area contributed by atoms with Crippen LogP contribution in [-0.2, 0) is 0 Å². The Balaban J connectivity index is 1.27. The monoisotopic (exact) mass is 631 g/mol. The quantitative estimate of drug-likeness (QED) is 0.101. The largest absolute Gasteiger partial charge is 0.497 e. The van der Waals surface area contributed by atoms with Gasteiger partial charge in [-0.05, 0) is 54.8 Å². The van der Waals surface area contributed by atoms with Gasteiger partial charge in [-0.25, -0.2) is 9.18 Å². The van der Waals surface area contributed by atoms with E-state index in [-0.39, 0.29) is 13.0 Å². The number of urea groups is 1. The van der Waals surface area contributed by atoms with E-state index >= 15 is 0 Å². The maximum absolute atomic E-state index is 14.7. The lowest BCUT2D eigenvalue weighted by Crippen LogP contribution is -2.37. The molecule has 46 heavy (non-hydrogen) atoms. The number of carbonyl (C=O) groups excluding carboxylic acids is 1. The van der Waals surface area contributed by atoms with Gasteiger partial charge in [-0.2, -0.15) is 10.1 Å². The topological polar surface area (TPSA) is 121 Å². The van der Waals surface area contributed by atoms with Crippen molar-refractivity contribution in [3.8, 4) is 34.5 Å². The van der Waals surface area contributed by atoms with E-state index in [0.29, 0.717) is 51.3 Å². The molecule has 11 nitrogen and oxygen atoms in total. The van der Waals surface area contributed by atoms with Crippen molar-refractivity contribution < 1.29 is 32.9 Å². The van der Waals surface area contributed by atoms with Crippen molar-refractivity contribution in [3.05, 3.63) is 72.4 Å². The van der Waals surface area contributed by atoms with Crippen molar-refractivity contribution in [2.24, 2.45) is 10.8 Å². The summed E-state index contributed by atoms with van der Waals surface area (Å²) in [6.45, 7) is 1.80. The Hall–Kier alpha value is -5.10. The van der Waals surface area contributed by atoms with Gasteiger partial charge in [0.05, 0.1) is 45.4 Å². The third-order valence-corrected chi connectivity index (χ3v) is 7.61. The van der Waals surface area contributed by atoms with Crippen LogP contribution in [0.2, 0.25) is 0 Å². The lowest BCUT2D eigenvalue weighted by Gasteiger charge is -2.29. The Labute approximate surface area is 267 Å². The summed E-state index contributed by atoms with van der Waals surface area (Å²) in [4.78, 5) is 18.5. The summed E-state index contributed by atoms with van der Waals surface area (Å²) >= 11 is 0. The van der Waals surface area contributed by atoms with Crippen LogP contribution in [-0.4, -0.2) is 69.5 Å². The number of carbonyl (C=O) groups is 1. The van der Waals surface area contributed by atoms with E-state index in [4.69, 9.17) is 29.4 Å². The lowest BCUT2D eigenvalue weighted by atomic mass is 10.1. The van der Waals surface area contributed by atoms with E-state index in [2.05, 4.69) is 10.1 Å². The number of piperidine rings is 1. The fourth-order valence-electron chi connectivity index (χ4n) is 5.18. The summed E-state index contributed by atoms with van der Waals surface area (Å²) in [5.41, 5.74) is 7.33. The molecule has 12 heteroatoms. The molecule has 0 bridgehead atoms. The fourth-order valence-corrected chi connectivity index (χ4v) is 5.18. The smallest absolute Gasteiger partial charge is 0.340 e. The number of benzene rings is 3. The Morgan fingerprint density at radius 2 is 1.65 bits per heavy atom. The van der Waals surface area contributed by atoms with Crippen LogP contribution in [0.5, 0.6) is 34.5 Å². The number of fused-ring (bicyclic) bond motifs is 1. The van der Waals surface area contributed by atoms with Crippen LogP contribution >= 0.6 is 0 Å².